The number of fused-ring (bicyclic) bond motifs is 1. The first-order valence-electron chi connectivity index (χ1n) is 11.7. The molecule has 0 bridgehead atoms. The van der Waals surface area contributed by atoms with Crippen LogP contribution in [0.25, 0.3) is 16.6 Å². The molecule has 3 aromatic heterocycles. The van der Waals surface area contributed by atoms with Gasteiger partial charge in [0.1, 0.15) is 0 Å². The SMILES string of the molecule is CCn1ncc2c(C(=O)NCc3c(C)cc(C)[nH]c3=O)cc(C3=CC(C)(C)NC(C)(C)C3)nc21. The number of H-pyrrole nitrogens is 1. The zero-order valence-corrected chi connectivity index (χ0v) is 21.1. The van der Waals surface area contributed by atoms with E-state index in [0.717, 1.165) is 28.9 Å². The predicted octanol–water partition coefficient (Wildman–Crippen LogP) is 3.62. The summed E-state index contributed by atoms with van der Waals surface area (Å²) in [6.45, 7) is 15.1. The van der Waals surface area contributed by atoms with Gasteiger partial charge in [-0.25, -0.2) is 9.67 Å². The number of aryl methyl sites for hydroxylation is 3. The summed E-state index contributed by atoms with van der Waals surface area (Å²) in [5.74, 6) is -0.253. The number of nitrogens with zero attached hydrogens (tertiary/aromatic N) is 3. The molecule has 1 aliphatic rings. The molecule has 0 unspecified atom stereocenters. The Morgan fingerprint density at radius 1 is 1.21 bits per heavy atom. The molecule has 3 aromatic rings. The fourth-order valence-electron chi connectivity index (χ4n) is 5.08. The fourth-order valence-corrected chi connectivity index (χ4v) is 5.08. The third-order valence-electron chi connectivity index (χ3n) is 6.23. The van der Waals surface area contributed by atoms with E-state index in [1.165, 1.54) is 0 Å². The lowest BCUT2D eigenvalue weighted by Gasteiger charge is -2.41. The van der Waals surface area contributed by atoms with Crippen molar-refractivity contribution in [2.24, 2.45) is 0 Å². The Hall–Kier alpha value is -3.26. The molecule has 0 saturated heterocycles. The van der Waals surface area contributed by atoms with Crippen LogP contribution in [0, 0.1) is 13.8 Å². The number of nitrogens with one attached hydrogen (secondary N) is 3. The van der Waals surface area contributed by atoms with E-state index in [0.29, 0.717) is 28.7 Å². The van der Waals surface area contributed by atoms with Gasteiger partial charge in [0.05, 0.1) is 22.8 Å². The molecular weight excluding hydrogens is 428 g/mol. The van der Waals surface area contributed by atoms with Crippen molar-refractivity contribution in [3.05, 3.63) is 62.8 Å². The van der Waals surface area contributed by atoms with Gasteiger partial charge in [0.2, 0.25) is 0 Å². The average Bonchev–Trinajstić information content (AvgIpc) is 3.13. The Bertz CT molecular complexity index is 1360. The number of hydrogen-bond donors (Lipinski definition) is 3. The highest BCUT2D eigenvalue weighted by atomic mass is 16.1. The van der Waals surface area contributed by atoms with Crippen molar-refractivity contribution in [1.29, 1.82) is 0 Å². The highest BCUT2D eigenvalue weighted by molar-refractivity contribution is 6.06. The van der Waals surface area contributed by atoms with E-state index < -0.39 is 0 Å². The summed E-state index contributed by atoms with van der Waals surface area (Å²) in [4.78, 5) is 33.5. The van der Waals surface area contributed by atoms with Crippen molar-refractivity contribution < 1.29 is 4.79 Å². The van der Waals surface area contributed by atoms with Crippen LogP contribution in [-0.2, 0) is 13.1 Å². The van der Waals surface area contributed by atoms with Crippen molar-refractivity contribution >= 4 is 22.5 Å². The minimum Gasteiger partial charge on any atom is -0.348 e. The zero-order chi connectivity index (χ0) is 24.8. The highest BCUT2D eigenvalue weighted by Crippen LogP contribution is 2.34. The van der Waals surface area contributed by atoms with Crippen molar-refractivity contribution in [3.8, 4) is 0 Å². The number of pyridine rings is 2. The maximum Gasteiger partial charge on any atom is 0.253 e. The summed E-state index contributed by atoms with van der Waals surface area (Å²) in [6, 6.07) is 3.76. The quantitative estimate of drug-likeness (QED) is 0.537. The van der Waals surface area contributed by atoms with Crippen molar-refractivity contribution in [2.45, 2.75) is 79.1 Å². The maximum absolute atomic E-state index is 13.4. The van der Waals surface area contributed by atoms with E-state index >= 15 is 0 Å². The highest BCUT2D eigenvalue weighted by Gasteiger charge is 2.33. The standard InChI is InChI=1S/C26H34N6O2/c1-8-32-22-20(14-28-32)18(23(33)27-13-19-15(2)9-16(3)29-24(19)34)10-21(30-22)17-11-25(4,5)31-26(6,7)12-17/h9-11,14,31H,8,12-13H2,1-7H3,(H,27,33)(H,29,34). The first-order chi connectivity index (χ1) is 15.9. The van der Waals surface area contributed by atoms with Crippen LogP contribution < -0.4 is 16.2 Å². The average molecular weight is 463 g/mol. The van der Waals surface area contributed by atoms with Crippen LogP contribution in [0.4, 0.5) is 0 Å². The second-order valence-electron chi connectivity index (χ2n) is 10.5. The minimum atomic E-state index is -0.253. The number of hydrogen-bond acceptors (Lipinski definition) is 5. The second kappa shape index (κ2) is 8.51. The van der Waals surface area contributed by atoms with Crippen LogP contribution in [0.5, 0.6) is 0 Å². The summed E-state index contributed by atoms with van der Waals surface area (Å²) in [5.41, 5.74) is 4.78. The van der Waals surface area contributed by atoms with Gasteiger partial charge in [0.15, 0.2) is 5.65 Å². The topological polar surface area (TPSA) is 105 Å². The Kier molecular flexibility index (Phi) is 5.97. The van der Waals surface area contributed by atoms with Gasteiger partial charge < -0.3 is 15.6 Å². The van der Waals surface area contributed by atoms with Gasteiger partial charge in [0, 0.05) is 35.4 Å². The molecular formula is C26H34N6O2. The lowest BCUT2D eigenvalue weighted by atomic mass is 9.82. The lowest BCUT2D eigenvalue weighted by Crippen LogP contribution is -2.53. The van der Waals surface area contributed by atoms with E-state index in [9.17, 15) is 9.59 Å². The molecule has 0 aromatic carbocycles. The number of rotatable bonds is 5. The third kappa shape index (κ3) is 4.68. The predicted molar refractivity (Wildman–Crippen MR) is 135 cm³/mol. The number of aromatic nitrogens is 4. The molecule has 0 fully saturated rings. The Morgan fingerprint density at radius 3 is 2.59 bits per heavy atom. The van der Waals surface area contributed by atoms with E-state index in [2.05, 4.69) is 54.5 Å². The second-order valence-corrected chi connectivity index (χ2v) is 10.5. The summed E-state index contributed by atoms with van der Waals surface area (Å²) >= 11 is 0. The lowest BCUT2D eigenvalue weighted by molar-refractivity contribution is 0.0952. The van der Waals surface area contributed by atoms with E-state index in [4.69, 9.17) is 4.98 Å². The normalized spacial score (nSPS) is 17.0. The van der Waals surface area contributed by atoms with Crippen LogP contribution in [0.3, 0.4) is 0 Å². The van der Waals surface area contributed by atoms with Crippen LogP contribution >= 0.6 is 0 Å². The molecule has 8 heteroatoms. The molecule has 0 spiro atoms. The summed E-state index contributed by atoms with van der Waals surface area (Å²) in [5, 5.41) is 11.7. The fraction of sp³-hybridized carbons (Fsp3) is 0.462. The van der Waals surface area contributed by atoms with E-state index in [-0.39, 0.29) is 29.1 Å². The van der Waals surface area contributed by atoms with Gasteiger partial charge in [-0.1, -0.05) is 6.08 Å². The zero-order valence-electron chi connectivity index (χ0n) is 21.1. The minimum absolute atomic E-state index is 0.109. The summed E-state index contributed by atoms with van der Waals surface area (Å²) in [6.07, 6.45) is 4.67. The smallest absolute Gasteiger partial charge is 0.253 e. The number of carbonyl (C=O) groups is 1. The maximum atomic E-state index is 13.4. The molecule has 0 aliphatic carbocycles. The number of carbonyl (C=O) groups excluding carboxylic acids is 1. The van der Waals surface area contributed by atoms with Crippen LogP contribution in [0.2, 0.25) is 0 Å². The molecule has 0 radical (unpaired) electrons. The van der Waals surface area contributed by atoms with E-state index in [1.54, 1.807) is 6.20 Å². The van der Waals surface area contributed by atoms with Crippen LogP contribution in [-0.4, -0.2) is 36.7 Å². The molecule has 1 aliphatic heterocycles. The molecule has 4 heterocycles. The van der Waals surface area contributed by atoms with Crippen molar-refractivity contribution in [1.82, 2.24) is 30.4 Å². The molecule has 0 saturated carbocycles. The Morgan fingerprint density at radius 2 is 1.94 bits per heavy atom. The van der Waals surface area contributed by atoms with Gasteiger partial charge in [-0.2, -0.15) is 5.10 Å². The summed E-state index contributed by atoms with van der Waals surface area (Å²) in [7, 11) is 0. The first kappa shape index (κ1) is 23.9. The first-order valence-corrected chi connectivity index (χ1v) is 11.7. The van der Waals surface area contributed by atoms with Gasteiger partial charge in [-0.3, -0.25) is 9.59 Å². The molecule has 3 N–H and O–H groups in total. The summed E-state index contributed by atoms with van der Waals surface area (Å²) < 4.78 is 1.81. The number of aromatic amines is 1. The molecule has 8 nitrogen and oxygen atoms in total. The van der Waals surface area contributed by atoms with Crippen molar-refractivity contribution in [3.63, 3.8) is 0 Å². The van der Waals surface area contributed by atoms with Gasteiger partial charge in [-0.15, -0.1) is 0 Å². The Labute approximate surface area is 199 Å². The molecule has 1 amide bonds. The number of amides is 1. The molecule has 0 atom stereocenters. The van der Waals surface area contributed by atoms with Gasteiger partial charge in [0.25, 0.3) is 11.5 Å². The monoisotopic (exact) mass is 462 g/mol. The van der Waals surface area contributed by atoms with Gasteiger partial charge in [-0.05, 0) is 78.2 Å². The van der Waals surface area contributed by atoms with E-state index in [1.807, 2.05) is 37.6 Å². The van der Waals surface area contributed by atoms with Crippen LogP contribution in [0.1, 0.15) is 73.9 Å². The van der Waals surface area contributed by atoms with Crippen LogP contribution in [0.15, 0.2) is 29.2 Å². The largest absolute Gasteiger partial charge is 0.348 e. The van der Waals surface area contributed by atoms with Crippen molar-refractivity contribution in [2.75, 3.05) is 0 Å². The molecule has 180 valence electrons. The molecule has 34 heavy (non-hydrogen) atoms. The third-order valence-corrected chi connectivity index (χ3v) is 6.23. The molecule has 4 rings (SSSR count). The Balaban J connectivity index is 1.76. The van der Waals surface area contributed by atoms with Gasteiger partial charge >= 0.3 is 0 Å².